The number of hydrogen-bond acceptors (Lipinski definition) is 15. The molecule has 0 aromatic heterocycles. The van der Waals surface area contributed by atoms with Crippen LogP contribution in [0.1, 0.15) is 297 Å². The van der Waals surface area contributed by atoms with Crippen molar-refractivity contribution in [1.29, 1.82) is 0 Å². The number of ether oxygens (including phenoxy) is 4. The molecule has 0 spiro atoms. The van der Waals surface area contributed by atoms with Gasteiger partial charge in [-0.25, -0.2) is 9.13 Å². The highest BCUT2D eigenvalue weighted by atomic mass is 31.2. The van der Waals surface area contributed by atoms with Crippen LogP contribution in [0.25, 0.3) is 0 Å². The van der Waals surface area contributed by atoms with Crippen molar-refractivity contribution in [3.63, 3.8) is 0 Å². The molecular formula is C79H134O17P2. The summed E-state index contributed by atoms with van der Waals surface area (Å²) in [5, 5.41) is 10.6. The zero-order chi connectivity index (χ0) is 71.8. The molecule has 0 saturated carbocycles. The van der Waals surface area contributed by atoms with Gasteiger partial charge >= 0.3 is 39.5 Å². The summed E-state index contributed by atoms with van der Waals surface area (Å²) in [5.41, 5.74) is 0. The lowest BCUT2D eigenvalue weighted by Crippen LogP contribution is -2.30. The lowest BCUT2D eigenvalue weighted by molar-refractivity contribution is -0.161. The smallest absolute Gasteiger partial charge is 0.462 e. The maximum absolute atomic E-state index is 13.1. The van der Waals surface area contributed by atoms with Crippen molar-refractivity contribution in [2.75, 3.05) is 39.6 Å². The van der Waals surface area contributed by atoms with E-state index in [0.717, 1.165) is 186 Å². The second-order valence-electron chi connectivity index (χ2n) is 24.8. The van der Waals surface area contributed by atoms with Gasteiger partial charge in [0.2, 0.25) is 0 Å². The topological polar surface area (TPSA) is 237 Å². The number of allylic oxidation sites excluding steroid dienone is 20. The van der Waals surface area contributed by atoms with Crippen LogP contribution in [-0.2, 0) is 65.4 Å². The number of aliphatic hydroxyl groups excluding tert-OH is 1. The van der Waals surface area contributed by atoms with E-state index in [2.05, 4.69) is 149 Å². The molecule has 0 bridgehead atoms. The fourth-order valence-corrected chi connectivity index (χ4v) is 11.2. The molecule has 0 fully saturated rings. The number of carbonyl (C=O) groups excluding carboxylic acids is 4. The Morgan fingerprint density at radius 1 is 0.296 bits per heavy atom. The molecule has 98 heavy (non-hydrogen) atoms. The van der Waals surface area contributed by atoms with Crippen molar-refractivity contribution in [3.05, 3.63) is 122 Å². The summed E-state index contributed by atoms with van der Waals surface area (Å²) in [6.45, 7) is 4.49. The zero-order valence-corrected chi connectivity index (χ0v) is 63.0. The minimum Gasteiger partial charge on any atom is -0.462 e. The fraction of sp³-hybridized carbons (Fsp3) is 0.696. The van der Waals surface area contributed by atoms with Gasteiger partial charge in [0.05, 0.1) is 26.4 Å². The van der Waals surface area contributed by atoms with E-state index >= 15 is 0 Å². The Balaban J connectivity index is 5.38. The van der Waals surface area contributed by atoms with Gasteiger partial charge in [-0.1, -0.05) is 246 Å². The number of hydrogen-bond donors (Lipinski definition) is 3. The van der Waals surface area contributed by atoms with E-state index in [1.165, 1.54) is 32.1 Å². The molecule has 5 unspecified atom stereocenters. The molecule has 0 aliphatic rings. The number of rotatable bonds is 70. The van der Waals surface area contributed by atoms with Crippen LogP contribution in [-0.4, -0.2) is 96.7 Å². The van der Waals surface area contributed by atoms with Crippen molar-refractivity contribution < 1.29 is 80.2 Å². The van der Waals surface area contributed by atoms with Crippen molar-refractivity contribution >= 4 is 39.5 Å². The zero-order valence-electron chi connectivity index (χ0n) is 61.2. The molecule has 562 valence electrons. The van der Waals surface area contributed by atoms with Crippen molar-refractivity contribution in [2.45, 2.75) is 316 Å². The lowest BCUT2D eigenvalue weighted by atomic mass is 10.1. The van der Waals surface area contributed by atoms with Gasteiger partial charge in [-0.15, -0.1) is 0 Å². The summed E-state index contributed by atoms with van der Waals surface area (Å²) in [6, 6.07) is 0. The van der Waals surface area contributed by atoms with Gasteiger partial charge in [0.1, 0.15) is 19.3 Å². The Kier molecular flexibility index (Phi) is 67.6. The Bertz CT molecular complexity index is 2340. The molecule has 0 heterocycles. The largest absolute Gasteiger partial charge is 0.472 e. The monoisotopic (exact) mass is 1420 g/mol. The standard InChI is InChI=1S/C79H134O17P2/c1-5-9-13-17-21-25-29-32-35-36-39-41-45-48-52-56-60-64-77(82)90-70-75(96-79(84)66-62-58-54-50-46-42-38-34-31-27-23-19-15-11-7-3)72-94-98(87,88)92-68-73(80)67-91-97(85,86)93-71-74(95-78(83)65-61-57-53-49-43-28-24-20-16-12-8-4)69-89-76(81)63-59-55-51-47-44-40-37-33-30-26-22-18-14-10-6-2/h9-10,13-14,20-27,32-35,37-38,44,47,73-75,80H,5-8,11-12,15-19,28-31,36,39-43,45-46,48-72H2,1-4H3,(H,85,86)(H,87,88)/b13-9-,14-10-,24-20-,25-21-,26-22-,27-23-,35-32-,37-33-,38-34-,47-44-. The van der Waals surface area contributed by atoms with Gasteiger partial charge in [-0.2, -0.15) is 0 Å². The summed E-state index contributed by atoms with van der Waals surface area (Å²) in [7, 11) is -9.97. The minimum absolute atomic E-state index is 0.0730. The summed E-state index contributed by atoms with van der Waals surface area (Å²) in [6.07, 6.45) is 76.3. The van der Waals surface area contributed by atoms with E-state index in [1.807, 2.05) is 0 Å². The lowest BCUT2D eigenvalue weighted by Gasteiger charge is -2.21. The third-order valence-electron chi connectivity index (χ3n) is 15.4. The summed E-state index contributed by atoms with van der Waals surface area (Å²) < 4.78 is 68.4. The normalized spacial score (nSPS) is 14.6. The molecule has 0 aliphatic carbocycles. The molecule has 5 atom stereocenters. The third kappa shape index (κ3) is 69.9. The van der Waals surface area contributed by atoms with Crippen LogP contribution < -0.4 is 0 Å². The average Bonchev–Trinajstić information content (AvgIpc) is 0.985. The van der Waals surface area contributed by atoms with Gasteiger partial charge in [0, 0.05) is 25.7 Å². The third-order valence-corrected chi connectivity index (χ3v) is 17.3. The molecule has 0 aliphatic heterocycles. The summed E-state index contributed by atoms with van der Waals surface area (Å²) in [4.78, 5) is 72.8. The van der Waals surface area contributed by atoms with E-state index in [0.29, 0.717) is 25.7 Å². The highest BCUT2D eigenvalue weighted by molar-refractivity contribution is 7.47. The maximum Gasteiger partial charge on any atom is 0.472 e. The number of phosphoric ester groups is 2. The first-order valence-corrected chi connectivity index (χ1v) is 40.8. The van der Waals surface area contributed by atoms with Crippen LogP contribution >= 0.6 is 15.6 Å². The summed E-state index contributed by atoms with van der Waals surface area (Å²) >= 11 is 0. The van der Waals surface area contributed by atoms with Crippen LogP contribution in [0.5, 0.6) is 0 Å². The van der Waals surface area contributed by atoms with Crippen molar-refractivity contribution in [2.24, 2.45) is 0 Å². The van der Waals surface area contributed by atoms with Crippen LogP contribution in [0, 0.1) is 0 Å². The highest BCUT2D eigenvalue weighted by Crippen LogP contribution is 2.45. The molecule has 17 nitrogen and oxygen atoms in total. The quantitative estimate of drug-likeness (QED) is 0.0169. The number of aliphatic hydroxyl groups is 1. The second-order valence-corrected chi connectivity index (χ2v) is 27.7. The molecule has 0 radical (unpaired) electrons. The van der Waals surface area contributed by atoms with Gasteiger partial charge < -0.3 is 33.8 Å². The Morgan fingerprint density at radius 3 is 0.878 bits per heavy atom. The van der Waals surface area contributed by atoms with Gasteiger partial charge in [0.25, 0.3) is 0 Å². The first-order valence-electron chi connectivity index (χ1n) is 37.8. The van der Waals surface area contributed by atoms with E-state index in [-0.39, 0.29) is 25.7 Å². The van der Waals surface area contributed by atoms with Crippen LogP contribution in [0.3, 0.4) is 0 Å². The van der Waals surface area contributed by atoms with E-state index < -0.39 is 97.5 Å². The maximum atomic E-state index is 13.1. The Hall–Kier alpha value is -4.54. The molecule has 0 amide bonds. The van der Waals surface area contributed by atoms with E-state index in [9.17, 15) is 43.2 Å². The number of unbranched alkanes of at least 4 members (excludes halogenated alkanes) is 24. The van der Waals surface area contributed by atoms with Crippen LogP contribution in [0.2, 0.25) is 0 Å². The van der Waals surface area contributed by atoms with Crippen molar-refractivity contribution in [3.8, 4) is 0 Å². The van der Waals surface area contributed by atoms with Crippen molar-refractivity contribution in [1.82, 2.24) is 0 Å². The molecule has 0 saturated heterocycles. The fourth-order valence-electron chi connectivity index (χ4n) is 9.65. The molecule has 0 aromatic carbocycles. The van der Waals surface area contributed by atoms with Gasteiger partial charge in [-0.05, 0) is 148 Å². The van der Waals surface area contributed by atoms with Crippen LogP contribution in [0.15, 0.2) is 122 Å². The predicted molar refractivity (Wildman–Crippen MR) is 399 cm³/mol. The number of esters is 4. The molecule has 0 aromatic rings. The van der Waals surface area contributed by atoms with Gasteiger partial charge in [0.15, 0.2) is 12.2 Å². The Labute approximate surface area is 593 Å². The average molecular weight is 1420 g/mol. The second kappa shape index (κ2) is 70.9. The molecule has 3 N–H and O–H groups in total. The van der Waals surface area contributed by atoms with E-state index in [4.69, 9.17) is 37.0 Å². The summed E-state index contributed by atoms with van der Waals surface area (Å²) in [5.74, 6) is -2.26. The predicted octanol–water partition coefficient (Wildman–Crippen LogP) is 21.6. The number of phosphoric acid groups is 2. The first kappa shape index (κ1) is 93.5. The molecular weight excluding hydrogens is 1280 g/mol. The highest BCUT2D eigenvalue weighted by Gasteiger charge is 2.30. The van der Waals surface area contributed by atoms with Crippen LogP contribution in [0.4, 0.5) is 0 Å². The SMILES string of the molecule is CC/C=C\C/C=C\C/C=C\C/C=C\CCCCC(=O)OCC(COP(=O)(O)OCC(O)COP(=O)(O)OCC(COC(=O)CCCCCCCCC/C=C\C/C=C\C/C=C\CC)OC(=O)CCCCCCC/C=C\C/C=C\CCCCC)OC(=O)CCCCCCC/C=C\CCCC. The first-order chi connectivity index (χ1) is 47.7. The number of carbonyl (C=O) groups is 4. The molecule has 19 heteroatoms. The van der Waals surface area contributed by atoms with E-state index in [1.54, 1.807) is 0 Å². The Morgan fingerprint density at radius 2 is 0.541 bits per heavy atom. The minimum atomic E-state index is -4.98. The molecule has 0 rings (SSSR count). The van der Waals surface area contributed by atoms with Gasteiger partial charge in [-0.3, -0.25) is 37.3 Å².